The first kappa shape index (κ1) is 19.8. The van der Waals surface area contributed by atoms with Gasteiger partial charge in [0.05, 0.1) is 0 Å². The smallest absolute Gasteiger partial charge is 0.407 e. The van der Waals surface area contributed by atoms with E-state index >= 15 is 0 Å². The summed E-state index contributed by atoms with van der Waals surface area (Å²) < 4.78 is 6.16. The molecule has 1 rings (SSSR count). The van der Waals surface area contributed by atoms with Crippen LogP contribution in [0.3, 0.4) is 0 Å². The summed E-state index contributed by atoms with van der Waals surface area (Å²) in [5, 5.41) is 16.2. The van der Waals surface area contributed by atoms with Crippen molar-refractivity contribution in [3.8, 4) is 5.75 Å². The molecule has 5 nitrogen and oxygen atoms in total. The van der Waals surface area contributed by atoms with Crippen LogP contribution in [0.1, 0.15) is 52.6 Å². The predicted molar refractivity (Wildman–Crippen MR) is 95.7 cm³/mol. The van der Waals surface area contributed by atoms with Gasteiger partial charge in [-0.3, -0.25) is 0 Å². The van der Waals surface area contributed by atoms with Crippen LogP contribution in [0.4, 0.5) is 4.79 Å². The molecule has 0 fully saturated rings. The van der Waals surface area contributed by atoms with Crippen LogP contribution in [0.2, 0.25) is 0 Å². The Morgan fingerprint density at radius 1 is 1.39 bits per heavy atom. The first-order valence-electron chi connectivity index (χ1n) is 7.83. The van der Waals surface area contributed by atoms with E-state index in [1.54, 1.807) is 12.1 Å². The van der Waals surface area contributed by atoms with Gasteiger partial charge in [-0.2, -0.15) is 0 Å². The minimum absolute atomic E-state index is 0.00962. The number of rotatable bonds is 6. The van der Waals surface area contributed by atoms with E-state index in [-0.39, 0.29) is 17.8 Å². The molecule has 0 saturated carbocycles. The molecule has 0 aromatic heterocycles. The minimum atomic E-state index is -0.509. The first-order valence-corrected chi connectivity index (χ1v) is 8.63. The van der Waals surface area contributed by atoms with E-state index < -0.39 is 11.7 Å². The van der Waals surface area contributed by atoms with Gasteiger partial charge in [-0.1, -0.05) is 22.9 Å². The van der Waals surface area contributed by atoms with Crippen molar-refractivity contribution in [2.45, 2.75) is 58.7 Å². The number of nitrogens with one attached hydrogen (secondary N) is 2. The molecule has 2 atom stereocenters. The molecule has 0 aliphatic carbocycles. The number of hydrogen-bond donors (Lipinski definition) is 3. The van der Waals surface area contributed by atoms with Crippen LogP contribution >= 0.6 is 15.9 Å². The molecular formula is C17H27BrN2O3. The summed E-state index contributed by atoms with van der Waals surface area (Å²) in [4.78, 5) is 11.7. The number of ether oxygens (including phenoxy) is 1. The van der Waals surface area contributed by atoms with Crippen LogP contribution in [0.5, 0.6) is 5.75 Å². The third kappa shape index (κ3) is 7.22. The Morgan fingerprint density at radius 3 is 2.61 bits per heavy atom. The molecule has 1 aromatic rings. The van der Waals surface area contributed by atoms with Gasteiger partial charge in [0.2, 0.25) is 0 Å². The maximum Gasteiger partial charge on any atom is 0.407 e. The molecule has 0 bridgehead atoms. The summed E-state index contributed by atoms with van der Waals surface area (Å²) >= 11 is 3.42. The highest BCUT2D eigenvalue weighted by Gasteiger charge is 2.19. The van der Waals surface area contributed by atoms with Gasteiger partial charge < -0.3 is 20.5 Å². The van der Waals surface area contributed by atoms with Crippen molar-refractivity contribution in [2.75, 3.05) is 6.54 Å². The van der Waals surface area contributed by atoms with E-state index in [1.165, 1.54) is 0 Å². The van der Waals surface area contributed by atoms with Gasteiger partial charge in [0.1, 0.15) is 11.4 Å². The Labute approximate surface area is 146 Å². The first-order chi connectivity index (χ1) is 10.6. The summed E-state index contributed by atoms with van der Waals surface area (Å²) in [6.07, 6.45) is 0.397. The number of aromatic hydroxyl groups is 1. The standard InChI is InChI=1S/C17H27BrN2O3/c1-6-14(13-9-12(18)7-8-15(13)21)19-10-11(2)20-16(22)23-17(3,4)5/h7-9,11,14,19,21H,6,10H2,1-5H3,(H,20,22). The van der Waals surface area contributed by atoms with E-state index in [1.807, 2.05) is 40.7 Å². The number of carbonyl (C=O) groups excluding carboxylic acids is 1. The Kier molecular flexibility index (Phi) is 7.35. The molecular weight excluding hydrogens is 360 g/mol. The quantitative estimate of drug-likeness (QED) is 0.687. The number of benzene rings is 1. The van der Waals surface area contributed by atoms with Crippen LogP contribution in [-0.4, -0.2) is 29.4 Å². The zero-order valence-corrected chi connectivity index (χ0v) is 16.0. The monoisotopic (exact) mass is 386 g/mol. The fraction of sp³-hybridized carbons (Fsp3) is 0.588. The Bertz CT molecular complexity index is 529. The molecule has 0 heterocycles. The van der Waals surface area contributed by atoms with E-state index in [2.05, 4.69) is 26.6 Å². The molecule has 0 saturated heterocycles. The number of phenols is 1. The highest BCUT2D eigenvalue weighted by Crippen LogP contribution is 2.29. The van der Waals surface area contributed by atoms with E-state index in [4.69, 9.17) is 4.74 Å². The van der Waals surface area contributed by atoms with Crippen molar-refractivity contribution in [1.82, 2.24) is 10.6 Å². The van der Waals surface area contributed by atoms with Crippen molar-refractivity contribution < 1.29 is 14.6 Å². The summed E-state index contributed by atoms with van der Waals surface area (Å²) in [6, 6.07) is 5.30. The molecule has 1 aromatic carbocycles. The fourth-order valence-electron chi connectivity index (χ4n) is 2.16. The van der Waals surface area contributed by atoms with Crippen LogP contribution in [0.25, 0.3) is 0 Å². The lowest BCUT2D eigenvalue weighted by molar-refractivity contribution is 0.0507. The van der Waals surface area contributed by atoms with Gasteiger partial charge in [-0.15, -0.1) is 0 Å². The lowest BCUT2D eigenvalue weighted by Crippen LogP contribution is -2.43. The molecule has 2 unspecified atom stereocenters. The highest BCUT2D eigenvalue weighted by atomic mass is 79.9. The number of halogens is 1. The Morgan fingerprint density at radius 2 is 2.04 bits per heavy atom. The summed E-state index contributed by atoms with van der Waals surface area (Å²) in [7, 11) is 0. The lowest BCUT2D eigenvalue weighted by Gasteiger charge is -2.24. The second kappa shape index (κ2) is 8.55. The van der Waals surface area contributed by atoms with Crippen molar-refractivity contribution in [3.63, 3.8) is 0 Å². The number of amides is 1. The summed E-state index contributed by atoms with van der Waals surface area (Å²) in [5.41, 5.74) is 0.331. The van der Waals surface area contributed by atoms with Crippen molar-refractivity contribution in [2.24, 2.45) is 0 Å². The highest BCUT2D eigenvalue weighted by molar-refractivity contribution is 9.10. The molecule has 23 heavy (non-hydrogen) atoms. The summed E-state index contributed by atoms with van der Waals surface area (Å²) in [6.45, 7) is 10.0. The largest absolute Gasteiger partial charge is 0.508 e. The Hall–Kier alpha value is -1.27. The van der Waals surface area contributed by atoms with Crippen LogP contribution in [0, 0.1) is 0 Å². The zero-order valence-electron chi connectivity index (χ0n) is 14.4. The van der Waals surface area contributed by atoms with Crippen LogP contribution in [0.15, 0.2) is 22.7 Å². The SMILES string of the molecule is CCC(NCC(C)NC(=O)OC(C)(C)C)c1cc(Br)ccc1O. The van der Waals surface area contributed by atoms with Crippen molar-refractivity contribution in [1.29, 1.82) is 0 Å². The van der Waals surface area contributed by atoms with E-state index in [0.29, 0.717) is 6.54 Å². The van der Waals surface area contributed by atoms with Crippen molar-refractivity contribution in [3.05, 3.63) is 28.2 Å². The maximum atomic E-state index is 11.7. The molecule has 3 N–H and O–H groups in total. The van der Waals surface area contributed by atoms with Gasteiger partial charge >= 0.3 is 6.09 Å². The third-order valence-corrected chi connectivity index (χ3v) is 3.70. The number of alkyl carbamates (subject to hydrolysis) is 1. The second-order valence-corrected chi connectivity index (χ2v) is 7.54. The molecule has 0 radical (unpaired) electrons. The molecule has 130 valence electrons. The topological polar surface area (TPSA) is 70.6 Å². The fourth-order valence-corrected chi connectivity index (χ4v) is 2.54. The van der Waals surface area contributed by atoms with Gasteiger partial charge in [-0.25, -0.2) is 4.79 Å². The average molecular weight is 387 g/mol. The average Bonchev–Trinajstić information content (AvgIpc) is 2.40. The molecule has 6 heteroatoms. The number of carbonyl (C=O) groups is 1. The molecule has 0 spiro atoms. The minimum Gasteiger partial charge on any atom is -0.508 e. The third-order valence-electron chi connectivity index (χ3n) is 3.21. The second-order valence-electron chi connectivity index (χ2n) is 6.62. The normalized spacial score (nSPS) is 14.2. The predicted octanol–water partition coefficient (Wildman–Crippen LogP) is 4.11. The van der Waals surface area contributed by atoms with E-state index in [0.717, 1.165) is 16.5 Å². The van der Waals surface area contributed by atoms with Gasteiger partial charge in [-0.05, 0) is 52.3 Å². The lowest BCUT2D eigenvalue weighted by atomic mass is 10.0. The van der Waals surface area contributed by atoms with E-state index in [9.17, 15) is 9.90 Å². The molecule has 1 amide bonds. The van der Waals surface area contributed by atoms with Crippen molar-refractivity contribution >= 4 is 22.0 Å². The number of hydrogen-bond acceptors (Lipinski definition) is 4. The number of phenolic OH excluding ortho intramolecular Hbond substituents is 1. The zero-order chi connectivity index (χ0) is 17.6. The summed E-state index contributed by atoms with van der Waals surface area (Å²) in [5.74, 6) is 0.264. The molecule has 0 aliphatic rings. The van der Waals surface area contributed by atoms with Crippen LogP contribution < -0.4 is 10.6 Å². The van der Waals surface area contributed by atoms with Gasteiger partial charge in [0.25, 0.3) is 0 Å². The maximum absolute atomic E-state index is 11.7. The van der Waals surface area contributed by atoms with Gasteiger partial charge in [0.15, 0.2) is 0 Å². The Balaban J connectivity index is 2.57. The van der Waals surface area contributed by atoms with Gasteiger partial charge in [0, 0.05) is 28.7 Å². The molecule has 0 aliphatic heterocycles. The van der Waals surface area contributed by atoms with Crippen LogP contribution in [-0.2, 0) is 4.74 Å².